The van der Waals surface area contributed by atoms with Gasteiger partial charge >= 0.3 is 0 Å². The highest BCUT2D eigenvalue weighted by molar-refractivity contribution is 14.1. The molecule has 0 heterocycles. The maximum atomic E-state index is 7.16. The number of nitrogen functional groups attached to an aromatic ring is 1. The van der Waals surface area contributed by atoms with Crippen LogP contribution in [0, 0.1) is 8.98 Å². The Hall–Kier alpha value is -0.0000000000000000555. The Kier molecular flexibility index (Phi) is 4.89. The van der Waals surface area contributed by atoms with Crippen LogP contribution in [-0.4, -0.2) is 5.84 Å². The number of halogens is 3. The molecule has 5 heteroatoms. The lowest BCUT2D eigenvalue weighted by molar-refractivity contribution is 1.42. The number of hydrogen-bond acceptors (Lipinski definition) is 1. The molecule has 66 valence electrons. The summed E-state index contributed by atoms with van der Waals surface area (Å²) in [6.45, 7) is 0. The molecule has 0 unspecified atom stereocenters. The van der Waals surface area contributed by atoms with E-state index in [4.69, 9.17) is 22.7 Å². The van der Waals surface area contributed by atoms with E-state index in [9.17, 15) is 0 Å². The molecule has 0 spiro atoms. The fourth-order valence-corrected chi connectivity index (χ4v) is 1.41. The molecule has 1 rings (SSSR count). The molecule has 12 heavy (non-hydrogen) atoms. The molecule has 0 amide bonds. The van der Waals surface area contributed by atoms with Crippen LogP contribution in [0.1, 0.15) is 5.56 Å². The van der Waals surface area contributed by atoms with Gasteiger partial charge in [0.2, 0.25) is 0 Å². The first-order chi connectivity index (χ1) is 5.11. The van der Waals surface area contributed by atoms with Gasteiger partial charge in [-0.15, -0.1) is 12.4 Å². The molecular formula is C7H7Cl2IN2. The molecule has 0 aliphatic carbocycles. The first kappa shape index (κ1) is 12.0. The van der Waals surface area contributed by atoms with E-state index in [1.165, 1.54) is 0 Å². The maximum Gasteiger partial charge on any atom is 0.124 e. The lowest BCUT2D eigenvalue weighted by Crippen LogP contribution is -2.11. The lowest BCUT2D eigenvalue weighted by Gasteiger charge is -2.00. The van der Waals surface area contributed by atoms with Crippen LogP contribution in [0.15, 0.2) is 18.2 Å². The van der Waals surface area contributed by atoms with Crippen LogP contribution < -0.4 is 5.73 Å². The molecule has 0 radical (unpaired) electrons. The number of benzene rings is 1. The van der Waals surface area contributed by atoms with Crippen molar-refractivity contribution in [1.29, 1.82) is 5.41 Å². The summed E-state index contributed by atoms with van der Waals surface area (Å²) in [6, 6.07) is 5.39. The largest absolute Gasteiger partial charge is 0.384 e. The number of nitrogens with two attached hydrogens (primary N) is 1. The highest BCUT2D eigenvalue weighted by atomic mass is 127. The molecular weight excluding hydrogens is 310 g/mol. The Balaban J connectivity index is 0.00000121. The van der Waals surface area contributed by atoms with Gasteiger partial charge in [-0.05, 0) is 40.8 Å². The second-order valence-corrected chi connectivity index (χ2v) is 3.69. The van der Waals surface area contributed by atoms with E-state index in [1.807, 2.05) is 6.07 Å². The number of rotatable bonds is 1. The smallest absolute Gasteiger partial charge is 0.124 e. The zero-order valence-electron chi connectivity index (χ0n) is 5.97. The predicted octanol–water partition coefficient (Wildman–Crippen LogP) is 2.65. The molecule has 0 fully saturated rings. The molecule has 0 aliphatic rings. The second kappa shape index (κ2) is 4.89. The topological polar surface area (TPSA) is 49.9 Å². The summed E-state index contributed by atoms with van der Waals surface area (Å²) >= 11 is 7.91. The van der Waals surface area contributed by atoms with E-state index in [2.05, 4.69) is 22.6 Å². The van der Waals surface area contributed by atoms with Crippen LogP contribution in [0.2, 0.25) is 5.02 Å². The number of nitrogens with one attached hydrogen (secondary N) is 1. The summed E-state index contributed by atoms with van der Waals surface area (Å²) < 4.78 is 1.03. The van der Waals surface area contributed by atoms with Gasteiger partial charge in [0.1, 0.15) is 5.84 Å². The fraction of sp³-hybridized carbons (Fsp3) is 0. The number of amidine groups is 1. The third-order valence-corrected chi connectivity index (χ3v) is 2.22. The fourth-order valence-electron chi connectivity index (χ4n) is 0.704. The zero-order chi connectivity index (χ0) is 8.43. The van der Waals surface area contributed by atoms with E-state index in [1.54, 1.807) is 12.1 Å². The van der Waals surface area contributed by atoms with Crippen LogP contribution >= 0.6 is 46.6 Å². The minimum atomic E-state index is 0. The molecule has 0 bridgehead atoms. The van der Waals surface area contributed by atoms with Gasteiger partial charge in [0.05, 0.1) is 5.02 Å². The molecule has 0 saturated carbocycles. The molecule has 0 aliphatic heterocycles. The van der Waals surface area contributed by atoms with Crippen molar-refractivity contribution < 1.29 is 0 Å². The minimum absolute atomic E-state index is 0. The van der Waals surface area contributed by atoms with Gasteiger partial charge in [-0.25, -0.2) is 0 Å². The van der Waals surface area contributed by atoms with Crippen molar-refractivity contribution in [2.24, 2.45) is 5.73 Å². The Labute approximate surface area is 95.5 Å². The minimum Gasteiger partial charge on any atom is -0.384 e. The molecule has 0 aromatic heterocycles. The van der Waals surface area contributed by atoms with Gasteiger partial charge in [0.25, 0.3) is 0 Å². The summed E-state index contributed by atoms with van der Waals surface area (Å²) in [7, 11) is 0. The van der Waals surface area contributed by atoms with Gasteiger partial charge in [-0.3, -0.25) is 5.41 Å². The Morgan fingerprint density at radius 3 is 2.50 bits per heavy atom. The molecule has 2 nitrogen and oxygen atoms in total. The van der Waals surface area contributed by atoms with Crippen LogP contribution in [0.4, 0.5) is 0 Å². The van der Waals surface area contributed by atoms with E-state index in [-0.39, 0.29) is 18.2 Å². The molecule has 1 aromatic carbocycles. The third-order valence-electron chi connectivity index (χ3n) is 1.22. The quantitative estimate of drug-likeness (QED) is 0.467. The van der Waals surface area contributed by atoms with Gasteiger partial charge in [-0.1, -0.05) is 11.6 Å². The summed E-state index contributed by atoms with van der Waals surface area (Å²) in [6.07, 6.45) is 0. The van der Waals surface area contributed by atoms with Crippen LogP contribution in [0.3, 0.4) is 0 Å². The summed E-state index contributed by atoms with van der Waals surface area (Å²) in [4.78, 5) is 0. The second-order valence-electron chi connectivity index (χ2n) is 2.04. The predicted molar refractivity (Wildman–Crippen MR) is 62.4 cm³/mol. The van der Waals surface area contributed by atoms with Crippen molar-refractivity contribution in [2.45, 2.75) is 0 Å². The van der Waals surface area contributed by atoms with Crippen molar-refractivity contribution in [2.75, 3.05) is 0 Å². The Morgan fingerprint density at radius 1 is 1.50 bits per heavy atom. The van der Waals surface area contributed by atoms with Crippen LogP contribution in [0.25, 0.3) is 0 Å². The van der Waals surface area contributed by atoms with Gasteiger partial charge in [0.15, 0.2) is 0 Å². The van der Waals surface area contributed by atoms with Crippen molar-refractivity contribution in [3.8, 4) is 0 Å². The van der Waals surface area contributed by atoms with Crippen molar-refractivity contribution in [1.82, 2.24) is 0 Å². The van der Waals surface area contributed by atoms with Gasteiger partial charge in [0, 0.05) is 9.13 Å². The normalized spacial score (nSPS) is 8.83. The van der Waals surface area contributed by atoms with E-state index in [0.29, 0.717) is 10.6 Å². The van der Waals surface area contributed by atoms with Crippen LogP contribution in [-0.2, 0) is 0 Å². The highest BCUT2D eigenvalue weighted by Gasteiger charge is 2.02. The summed E-state index contributed by atoms with van der Waals surface area (Å²) in [5.74, 6) is 0.00789. The molecule has 0 saturated heterocycles. The van der Waals surface area contributed by atoms with Gasteiger partial charge < -0.3 is 5.73 Å². The number of hydrogen-bond donors (Lipinski definition) is 2. The maximum absolute atomic E-state index is 7.16. The zero-order valence-corrected chi connectivity index (χ0v) is 9.70. The monoisotopic (exact) mass is 316 g/mol. The van der Waals surface area contributed by atoms with Crippen molar-refractivity contribution >= 4 is 52.4 Å². The summed E-state index contributed by atoms with van der Waals surface area (Å²) in [5.41, 5.74) is 5.87. The standard InChI is InChI=1S/C7H6ClIN2.ClH/c8-6-2-1-4(9)3-5(6)7(10)11;/h1-3H,(H3,10,11);1H. The van der Waals surface area contributed by atoms with E-state index >= 15 is 0 Å². The van der Waals surface area contributed by atoms with E-state index < -0.39 is 0 Å². The highest BCUT2D eigenvalue weighted by Crippen LogP contribution is 2.17. The molecule has 0 atom stereocenters. The van der Waals surface area contributed by atoms with Crippen molar-refractivity contribution in [3.05, 3.63) is 32.4 Å². The van der Waals surface area contributed by atoms with Gasteiger partial charge in [-0.2, -0.15) is 0 Å². The first-order valence-electron chi connectivity index (χ1n) is 2.90. The average Bonchev–Trinajstić information content (AvgIpc) is 1.94. The third kappa shape index (κ3) is 2.80. The SMILES string of the molecule is Cl.N=C(N)c1cc(I)ccc1Cl. The Morgan fingerprint density at radius 2 is 2.08 bits per heavy atom. The van der Waals surface area contributed by atoms with Crippen LogP contribution in [0.5, 0.6) is 0 Å². The average molecular weight is 317 g/mol. The molecule has 3 N–H and O–H groups in total. The molecule has 1 aromatic rings. The van der Waals surface area contributed by atoms with Crippen molar-refractivity contribution in [3.63, 3.8) is 0 Å². The van der Waals surface area contributed by atoms with E-state index in [0.717, 1.165) is 3.57 Å². The Bertz CT molecular complexity index is 301. The first-order valence-corrected chi connectivity index (χ1v) is 4.36. The lowest BCUT2D eigenvalue weighted by atomic mass is 10.2. The summed E-state index contributed by atoms with van der Waals surface area (Å²) in [5, 5.41) is 7.69.